The number of fused-ring (bicyclic) bond motifs is 1. The summed E-state index contributed by atoms with van der Waals surface area (Å²) in [6.45, 7) is 4.41. The Morgan fingerprint density at radius 2 is 1.88 bits per heavy atom. The van der Waals surface area contributed by atoms with Crippen molar-refractivity contribution in [2.75, 3.05) is 17.2 Å². The third-order valence-electron chi connectivity index (χ3n) is 5.46. The Kier molecular flexibility index (Phi) is 5.73. The van der Waals surface area contributed by atoms with Crippen molar-refractivity contribution in [3.8, 4) is 17.1 Å². The van der Waals surface area contributed by atoms with Gasteiger partial charge in [-0.2, -0.15) is 4.98 Å². The largest absolute Gasteiger partial charge is 0.494 e. The highest BCUT2D eigenvalue weighted by molar-refractivity contribution is 6.05. The highest BCUT2D eigenvalue weighted by Crippen LogP contribution is 2.36. The van der Waals surface area contributed by atoms with Crippen LogP contribution in [0.25, 0.3) is 11.4 Å². The number of nitrogens with zero attached hydrogens (tertiary/aromatic N) is 5. The van der Waals surface area contributed by atoms with E-state index in [1.807, 2.05) is 50.2 Å². The van der Waals surface area contributed by atoms with E-state index < -0.39 is 6.04 Å². The van der Waals surface area contributed by atoms with E-state index in [1.54, 1.807) is 41.6 Å². The maximum atomic E-state index is 13.4. The number of nitrogens with one attached hydrogen (secondary N) is 2. The molecule has 170 valence electrons. The summed E-state index contributed by atoms with van der Waals surface area (Å²) in [6.07, 6.45) is 6.67. The molecule has 1 aromatic carbocycles. The van der Waals surface area contributed by atoms with Crippen molar-refractivity contribution < 1.29 is 9.53 Å². The number of hydrogen-bond acceptors (Lipinski definition) is 7. The van der Waals surface area contributed by atoms with Gasteiger partial charge in [0.15, 0.2) is 5.82 Å². The number of anilines is 2. The third kappa shape index (κ3) is 4.11. The molecule has 34 heavy (non-hydrogen) atoms. The van der Waals surface area contributed by atoms with Gasteiger partial charge in [0.2, 0.25) is 5.95 Å². The lowest BCUT2D eigenvalue weighted by molar-refractivity contribution is -0.113. The predicted molar refractivity (Wildman–Crippen MR) is 128 cm³/mol. The second-order valence-corrected chi connectivity index (χ2v) is 7.70. The zero-order valence-electron chi connectivity index (χ0n) is 18.8. The van der Waals surface area contributed by atoms with Crippen molar-refractivity contribution in [1.82, 2.24) is 24.7 Å². The monoisotopic (exact) mass is 453 g/mol. The van der Waals surface area contributed by atoms with Gasteiger partial charge in [0.05, 0.1) is 24.1 Å². The van der Waals surface area contributed by atoms with Crippen molar-refractivity contribution in [1.29, 1.82) is 0 Å². The van der Waals surface area contributed by atoms with Crippen LogP contribution in [-0.2, 0) is 4.79 Å². The first-order valence-electron chi connectivity index (χ1n) is 10.9. The minimum atomic E-state index is -0.486. The molecule has 4 aromatic rings. The Hall–Kier alpha value is -4.53. The number of amides is 1. The molecule has 2 N–H and O–H groups in total. The fraction of sp³-hybridized carbons (Fsp3) is 0.160. The number of rotatable bonds is 6. The van der Waals surface area contributed by atoms with Crippen molar-refractivity contribution in [2.45, 2.75) is 19.9 Å². The fourth-order valence-electron chi connectivity index (χ4n) is 3.92. The zero-order chi connectivity index (χ0) is 23.5. The molecule has 3 aromatic heterocycles. The van der Waals surface area contributed by atoms with E-state index in [-0.39, 0.29) is 5.91 Å². The van der Waals surface area contributed by atoms with Gasteiger partial charge in [0.25, 0.3) is 5.91 Å². The van der Waals surface area contributed by atoms with Gasteiger partial charge >= 0.3 is 0 Å². The minimum absolute atomic E-state index is 0.247. The molecular formula is C25H23N7O2. The van der Waals surface area contributed by atoms with Crippen LogP contribution in [0.4, 0.5) is 11.6 Å². The lowest BCUT2D eigenvalue weighted by Crippen LogP contribution is -2.31. The summed E-state index contributed by atoms with van der Waals surface area (Å²) in [7, 11) is 0. The number of ether oxygens (including phenoxy) is 1. The molecule has 1 aliphatic rings. The summed E-state index contributed by atoms with van der Waals surface area (Å²) in [6, 6.07) is 14.5. The molecule has 0 aliphatic carbocycles. The first-order valence-corrected chi connectivity index (χ1v) is 10.9. The van der Waals surface area contributed by atoms with Crippen molar-refractivity contribution in [3.63, 3.8) is 0 Å². The Morgan fingerprint density at radius 1 is 1.09 bits per heavy atom. The molecule has 0 spiro atoms. The van der Waals surface area contributed by atoms with Crippen LogP contribution in [-0.4, -0.2) is 37.2 Å². The maximum absolute atomic E-state index is 13.4. The average molecular weight is 454 g/mol. The summed E-state index contributed by atoms with van der Waals surface area (Å²) in [5, 5.41) is 11.0. The lowest BCUT2D eigenvalue weighted by atomic mass is 9.96. The molecular weight excluding hydrogens is 430 g/mol. The molecule has 9 nitrogen and oxygen atoms in total. The predicted octanol–water partition coefficient (Wildman–Crippen LogP) is 4.06. The van der Waals surface area contributed by atoms with Gasteiger partial charge in [-0.3, -0.25) is 14.8 Å². The molecule has 1 aliphatic heterocycles. The molecule has 5 rings (SSSR count). The number of carbonyl (C=O) groups excluding carboxylic acids is 1. The summed E-state index contributed by atoms with van der Waals surface area (Å²) < 4.78 is 7.28. The van der Waals surface area contributed by atoms with Gasteiger partial charge in [-0.15, -0.1) is 5.10 Å². The summed E-state index contributed by atoms with van der Waals surface area (Å²) >= 11 is 0. The molecule has 0 fully saturated rings. The summed E-state index contributed by atoms with van der Waals surface area (Å²) in [5.74, 6) is 1.64. The van der Waals surface area contributed by atoms with Crippen molar-refractivity contribution >= 4 is 17.5 Å². The molecule has 1 unspecified atom stereocenters. The second-order valence-electron chi connectivity index (χ2n) is 7.70. The Morgan fingerprint density at radius 3 is 2.59 bits per heavy atom. The Bertz CT molecular complexity index is 1330. The van der Waals surface area contributed by atoms with Gasteiger partial charge in [-0.25, -0.2) is 4.68 Å². The van der Waals surface area contributed by atoms with Crippen LogP contribution >= 0.6 is 0 Å². The number of carbonyl (C=O) groups is 1. The van der Waals surface area contributed by atoms with Crippen LogP contribution in [0.1, 0.15) is 25.5 Å². The zero-order valence-corrected chi connectivity index (χ0v) is 18.8. The van der Waals surface area contributed by atoms with Crippen LogP contribution in [0.5, 0.6) is 5.75 Å². The van der Waals surface area contributed by atoms with Crippen LogP contribution in [0.15, 0.2) is 84.6 Å². The highest BCUT2D eigenvalue weighted by Gasteiger charge is 2.34. The highest BCUT2D eigenvalue weighted by atomic mass is 16.5. The SMILES string of the molecule is CCOc1ccc(-c2nc3n(n2)C(c2ccncc2)C(C(=O)Nc2cccnc2)=C(C)N3)cc1. The molecule has 1 atom stereocenters. The summed E-state index contributed by atoms with van der Waals surface area (Å²) in [4.78, 5) is 26.3. The molecule has 9 heteroatoms. The standard InChI is InChI=1S/C25H23N7O2/c1-3-34-20-8-6-18(7-9-20)23-30-25-28-16(2)21(24(33)29-19-5-4-12-27-15-19)22(32(25)31-23)17-10-13-26-14-11-17/h4-15,22H,3H2,1-2H3,(H,29,33)(H,28,30,31). The fourth-order valence-corrected chi connectivity index (χ4v) is 3.92. The van der Waals surface area contributed by atoms with E-state index >= 15 is 0 Å². The molecule has 1 amide bonds. The normalized spacial score (nSPS) is 14.8. The number of aromatic nitrogens is 5. The number of pyridine rings is 2. The van der Waals surface area contributed by atoms with Gasteiger partial charge in [0.1, 0.15) is 11.8 Å². The van der Waals surface area contributed by atoms with Gasteiger partial charge in [-0.1, -0.05) is 0 Å². The first kappa shape index (κ1) is 21.3. The average Bonchev–Trinajstić information content (AvgIpc) is 3.28. The van der Waals surface area contributed by atoms with Gasteiger partial charge in [0, 0.05) is 29.9 Å². The smallest absolute Gasteiger partial charge is 0.255 e. The molecule has 0 saturated carbocycles. The van der Waals surface area contributed by atoms with E-state index in [0.717, 1.165) is 16.9 Å². The van der Waals surface area contributed by atoms with Gasteiger partial charge in [-0.05, 0) is 67.9 Å². The maximum Gasteiger partial charge on any atom is 0.255 e. The third-order valence-corrected chi connectivity index (χ3v) is 5.46. The Labute approximate surface area is 196 Å². The summed E-state index contributed by atoms with van der Waals surface area (Å²) in [5.41, 5.74) is 3.56. The van der Waals surface area contributed by atoms with Crippen LogP contribution in [0, 0.1) is 0 Å². The minimum Gasteiger partial charge on any atom is -0.494 e. The van der Waals surface area contributed by atoms with Crippen molar-refractivity contribution in [2.24, 2.45) is 0 Å². The van der Waals surface area contributed by atoms with Crippen LogP contribution in [0.2, 0.25) is 0 Å². The number of benzene rings is 1. The quantitative estimate of drug-likeness (QED) is 0.453. The first-order chi connectivity index (χ1) is 16.6. The Balaban J connectivity index is 1.55. The number of allylic oxidation sites excluding steroid dienone is 1. The molecule has 0 bridgehead atoms. The van der Waals surface area contributed by atoms with Crippen LogP contribution < -0.4 is 15.4 Å². The van der Waals surface area contributed by atoms with E-state index in [1.165, 1.54) is 0 Å². The van der Waals surface area contributed by atoms with E-state index in [4.69, 9.17) is 14.8 Å². The molecule has 4 heterocycles. The van der Waals surface area contributed by atoms with Crippen molar-refractivity contribution in [3.05, 3.63) is 90.2 Å². The lowest BCUT2D eigenvalue weighted by Gasteiger charge is -2.28. The number of hydrogen-bond donors (Lipinski definition) is 2. The molecule has 0 radical (unpaired) electrons. The van der Waals surface area contributed by atoms with E-state index in [9.17, 15) is 4.79 Å². The van der Waals surface area contributed by atoms with E-state index in [2.05, 4.69) is 20.6 Å². The second kappa shape index (κ2) is 9.14. The van der Waals surface area contributed by atoms with Gasteiger partial charge < -0.3 is 15.4 Å². The van der Waals surface area contributed by atoms with Crippen LogP contribution in [0.3, 0.4) is 0 Å². The van der Waals surface area contributed by atoms with E-state index in [0.29, 0.717) is 35.3 Å². The molecule has 0 saturated heterocycles. The topological polar surface area (TPSA) is 107 Å².